The fourth-order valence-corrected chi connectivity index (χ4v) is 3.06. The van der Waals surface area contributed by atoms with Gasteiger partial charge in [0, 0.05) is 23.1 Å². The molecule has 0 bridgehead atoms. The summed E-state index contributed by atoms with van der Waals surface area (Å²) in [6, 6.07) is 11.9. The summed E-state index contributed by atoms with van der Waals surface area (Å²) in [5, 5.41) is 17.4. The van der Waals surface area contributed by atoms with Crippen LogP contribution in [0.2, 0.25) is 0 Å². The Kier molecular flexibility index (Phi) is 4.20. The third-order valence-electron chi connectivity index (χ3n) is 3.63. The van der Waals surface area contributed by atoms with E-state index in [1.54, 1.807) is 18.3 Å². The normalized spacial score (nSPS) is 12.5. The van der Waals surface area contributed by atoms with Gasteiger partial charge in [0.25, 0.3) is 5.69 Å². The molecule has 1 aliphatic rings. The molecule has 1 aliphatic heterocycles. The lowest BCUT2D eigenvalue weighted by Gasteiger charge is -1.98. The summed E-state index contributed by atoms with van der Waals surface area (Å²) in [6.45, 7) is 0.230. The minimum Gasteiger partial charge on any atom is -0.454 e. The van der Waals surface area contributed by atoms with Gasteiger partial charge in [-0.05, 0) is 23.8 Å². The van der Waals surface area contributed by atoms with Crippen LogP contribution in [-0.4, -0.2) is 22.9 Å². The van der Waals surface area contributed by atoms with Crippen LogP contribution < -0.4 is 14.9 Å². The van der Waals surface area contributed by atoms with Crippen LogP contribution in [0.25, 0.3) is 11.3 Å². The molecule has 9 heteroatoms. The molecule has 1 aromatic heterocycles. The van der Waals surface area contributed by atoms with Gasteiger partial charge in [-0.3, -0.25) is 15.5 Å². The van der Waals surface area contributed by atoms with Crippen molar-refractivity contribution in [1.82, 2.24) is 4.98 Å². The predicted octanol–water partition coefficient (Wildman–Crippen LogP) is 3.89. The molecule has 0 saturated carbocycles. The molecule has 0 saturated heterocycles. The van der Waals surface area contributed by atoms with E-state index in [1.807, 2.05) is 23.6 Å². The standard InChI is InChI=1S/C17H12N4O4S/c22-21(23)13-3-1-2-12(7-13)14-9-26-17(19-14)20-18-8-11-4-5-15-16(6-11)25-10-24-15/h1-9H,10H2,(H,19,20)/b18-8+. The van der Waals surface area contributed by atoms with Gasteiger partial charge in [-0.25, -0.2) is 4.98 Å². The monoisotopic (exact) mass is 368 g/mol. The smallest absolute Gasteiger partial charge is 0.270 e. The van der Waals surface area contributed by atoms with Gasteiger partial charge >= 0.3 is 0 Å². The zero-order chi connectivity index (χ0) is 17.9. The van der Waals surface area contributed by atoms with Crippen molar-refractivity contribution in [2.75, 3.05) is 12.2 Å². The molecule has 2 aromatic carbocycles. The molecule has 0 aliphatic carbocycles. The van der Waals surface area contributed by atoms with E-state index in [1.165, 1.54) is 23.5 Å². The van der Waals surface area contributed by atoms with E-state index >= 15 is 0 Å². The maximum Gasteiger partial charge on any atom is 0.270 e. The lowest BCUT2D eigenvalue weighted by molar-refractivity contribution is -0.384. The summed E-state index contributed by atoms with van der Waals surface area (Å²) in [5.41, 5.74) is 5.09. The summed E-state index contributed by atoms with van der Waals surface area (Å²) in [5.74, 6) is 1.41. The van der Waals surface area contributed by atoms with Gasteiger partial charge in [-0.1, -0.05) is 12.1 Å². The molecular formula is C17H12N4O4S. The zero-order valence-corrected chi connectivity index (χ0v) is 14.1. The molecule has 0 unspecified atom stereocenters. The van der Waals surface area contributed by atoms with Gasteiger partial charge in [0.05, 0.1) is 16.8 Å². The summed E-state index contributed by atoms with van der Waals surface area (Å²) >= 11 is 1.36. The number of nitrogens with zero attached hydrogens (tertiary/aromatic N) is 3. The summed E-state index contributed by atoms with van der Waals surface area (Å²) in [6.07, 6.45) is 1.65. The highest BCUT2D eigenvalue weighted by Crippen LogP contribution is 2.32. The second kappa shape index (κ2) is 6.81. The Morgan fingerprint density at radius 1 is 1.23 bits per heavy atom. The Morgan fingerprint density at radius 2 is 2.12 bits per heavy atom. The summed E-state index contributed by atoms with van der Waals surface area (Å²) < 4.78 is 10.6. The first-order valence-electron chi connectivity index (χ1n) is 7.58. The highest BCUT2D eigenvalue weighted by Gasteiger charge is 2.12. The van der Waals surface area contributed by atoms with Crippen molar-refractivity contribution in [1.29, 1.82) is 0 Å². The van der Waals surface area contributed by atoms with Crippen molar-refractivity contribution < 1.29 is 14.4 Å². The average Bonchev–Trinajstić information content (AvgIpc) is 3.30. The van der Waals surface area contributed by atoms with Gasteiger partial charge in [0.1, 0.15) is 0 Å². The largest absolute Gasteiger partial charge is 0.454 e. The van der Waals surface area contributed by atoms with E-state index in [9.17, 15) is 10.1 Å². The number of fused-ring (bicyclic) bond motifs is 1. The Morgan fingerprint density at radius 3 is 3.00 bits per heavy atom. The van der Waals surface area contributed by atoms with E-state index in [4.69, 9.17) is 9.47 Å². The van der Waals surface area contributed by atoms with Gasteiger partial charge in [0.2, 0.25) is 11.9 Å². The SMILES string of the molecule is O=[N+]([O-])c1cccc(-c2csc(N/N=C/c3ccc4c(c3)OCO4)n2)c1. The fraction of sp³-hybridized carbons (Fsp3) is 0.0588. The Hall–Kier alpha value is -3.46. The van der Waals surface area contributed by atoms with Crippen LogP contribution in [0.5, 0.6) is 11.5 Å². The molecule has 0 atom stereocenters. The van der Waals surface area contributed by atoms with E-state index in [2.05, 4.69) is 15.5 Å². The van der Waals surface area contributed by atoms with E-state index in [0.29, 0.717) is 22.1 Å². The zero-order valence-electron chi connectivity index (χ0n) is 13.3. The number of thiazole rings is 1. The van der Waals surface area contributed by atoms with Crippen molar-refractivity contribution in [3.8, 4) is 22.8 Å². The molecule has 0 amide bonds. The van der Waals surface area contributed by atoms with Crippen LogP contribution in [0.4, 0.5) is 10.8 Å². The number of hydrogen-bond donors (Lipinski definition) is 1. The maximum absolute atomic E-state index is 10.9. The number of anilines is 1. The predicted molar refractivity (Wildman–Crippen MR) is 98.0 cm³/mol. The molecule has 0 spiro atoms. The quantitative estimate of drug-likeness (QED) is 0.417. The molecule has 0 radical (unpaired) electrons. The number of hydrazone groups is 1. The first kappa shape index (κ1) is 16.0. The minimum atomic E-state index is -0.426. The number of non-ortho nitro benzene ring substituents is 1. The molecule has 1 N–H and O–H groups in total. The van der Waals surface area contributed by atoms with Crippen molar-refractivity contribution in [2.24, 2.45) is 5.10 Å². The van der Waals surface area contributed by atoms with Crippen molar-refractivity contribution in [3.63, 3.8) is 0 Å². The first-order chi connectivity index (χ1) is 12.7. The van der Waals surface area contributed by atoms with Crippen molar-refractivity contribution >= 4 is 28.4 Å². The Labute approximate surface area is 151 Å². The Bertz CT molecular complexity index is 1000. The topological polar surface area (TPSA) is 98.9 Å². The van der Waals surface area contributed by atoms with Gasteiger partial charge in [-0.15, -0.1) is 11.3 Å². The van der Waals surface area contributed by atoms with Crippen LogP contribution in [0.3, 0.4) is 0 Å². The molecule has 3 aromatic rings. The van der Waals surface area contributed by atoms with Crippen LogP contribution in [0, 0.1) is 10.1 Å². The lowest BCUT2D eigenvalue weighted by Crippen LogP contribution is -1.93. The van der Waals surface area contributed by atoms with Crippen LogP contribution in [0.1, 0.15) is 5.56 Å². The van der Waals surface area contributed by atoms with Crippen molar-refractivity contribution in [3.05, 3.63) is 63.5 Å². The number of rotatable bonds is 5. The van der Waals surface area contributed by atoms with E-state index < -0.39 is 4.92 Å². The summed E-state index contributed by atoms with van der Waals surface area (Å²) in [7, 11) is 0. The lowest BCUT2D eigenvalue weighted by atomic mass is 10.1. The number of nitro groups is 1. The van der Waals surface area contributed by atoms with Gasteiger partial charge in [-0.2, -0.15) is 5.10 Å². The van der Waals surface area contributed by atoms with Crippen LogP contribution in [-0.2, 0) is 0 Å². The first-order valence-corrected chi connectivity index (χ1v) is 8.46. The molecule has 2 heterocycles. The molecule has 4 rings (SSSR count). The van der Waals surface area contributed by atoms with Crippen LogP contribution >= 0.6 is 11.3 Å². The van der Waals surface area contributed by atoms with Crippen LogP contribution in [0.15, 0.2) is 52.9 Å². The molecule has 0 fully saturated rings. The third kappa shape index (κ3) is 3.33. The van der Waals surface area contributed by atoms with Crippen molar-refractivity contribution in [2.45, 2.75) is 0 Å². The number of aromatic nitrogens is 1. The molecular weight excluding hydrogens is 356 g/mol. The average molecular weight is 368 g/mol. The molecule has 130 valence electrons. The second-order valence-electron chi connectivity index (χ2n) is 5.33. The number of nitrogens with one attached hydrogen (secondary N) is 1. The maximum atomic E-state index is 10.9. The molecule has 26 heavy (non-hydrogen) atoms. The minimum absolute atomic E-state index is 0.0332. The Balaban J connectivity index is 1.45. The van der Waals surface area contributed by atoms with E-state index in [-0.39, 0.29) is 12.5 Å². The third-order valence-corrected chi connectivity index (χ3v) is 4.37. The number of hydrogen-bond acceptors (Lipinski definition) is 8. The highest BCUT2D eigenvalue weighted by atomic mass is 32.1. The second-order valence-corrected chi connectivity index (χ2v) is 6.19. The fourth-order valence-electron chi connectivity index (χ4n) is 2.39. The molecule has 8 nitrogen and oxygen atoms in total. The number of nitro benzene ring substituents is 1. The highest BCUT2D eigenvalue weighted by molar-refractivity contribution is 7.14. The summed E-state index contributed by atoms with van der Waals surface area (Å²) in [4.78, 5) is 14.8. The number of benzene rings is 2. The van der Waals surface area contributed by atoms with Gasteiger partial charge in [0.15, 0.2) is 11.5 Å². The number of ether oxygens (including phenoxy) is 2. The van der Waals surface area contributed by atoms with E-state index in [0.717, 1.165) is 11.3 Å². The van der Waals surface area contributed by atoms with Gasteiger partial charge < -0.3 is 9.47 Å².